The second kappa shape index (κ2) is 5.97. The minimum absolute atomic E-state index is 0.0263. The largest absolute Gasteiger partial charge is 0.399 e. The maximum absolute atomic E-state index is 12.4. The lowest BCUT2D eigenvalue weighted by atomic mass is 10.1. The van der Waals surface area contributed by atoms with E-state index in [1.165, 1.54) is 0 Å². The normalized spacial score (nSPS) is 10.3. The Morgan fingerprint density at radius 3 is 2.65 bits per heavy atom. The third kappa shape index (κ3) is 3.31. The first-order valence-electron chi connectivity index (χ1n) is 6.33. The second-order valence-electron chi connectivity index (χ2n) is 4.87. The molecule has 2 rings (SSSR count). The van der Waals surface area contributed by atoms with Crippen LogP contribution in [0.3, 0.4) is 0 Å². The third-order valence-corrected chi connectivity index (χ3v) is 3.37. The Morgan fingerprint density at radius 1 is 1.25 bits per heavy atom. The van der Waals surface area contributed by atoms with Crippen LogP contribution in [0.1, 0.15) is 21.5 Å². The molecule has 0 aliphatic rings. The molecular formula is C16H17ClN2O. The van der Waals surface area contributed by atoms with Crippen molar-refractivity contribution in [2.24, 2.45) is 0 Å². The fourth-order valence-corrected chi connectivity index (χ4v) is 2.34. The number of rotatable bonds is 3. The van der Waals surface area contributed by atoms with Crippen molar-refractivity contribution in [3.8, 4) is 0 Å². The number of nitrogen functional groups attached to an aromatic ring is 1. The van der Waals surface area contributed by atoms with Crippen LogP contribution >= 0.6 is 11.6 Å². The van der Waals surface area contributed by atoms with Gasteiger partial charge in [0.15, 0.2) is 0 Å². The van der Waals surface area contributed by atoms with E-state index in [4.69, 9.17) is 17.3 Å². The van der Waals surface area contributed by atoms with Gasteiger partial charge in [-0.25, -0.2) is 0 Å². The van der Waals surface area contributed by atoms with Crippen LogP contribution in [-0.4, -0.2) is 17.9 Å². The molecule has 0 heterocycles. The van der Waals surface area contributed by atoms with E-state index in [-0.39, 0.29) is 5.91 Å². The van der Waals surface area contributed by atoms with Crippen LogP contribution in [0.5, 0.6) is 0 Å². The van der Waals surface area contributed by atoms with Crippen molar-refractivity contribution in [1.82, 2.24) is 4.90 Å². The number of hydrogen-bond acceptors (Lipinski definition) is 2. The van der Waals surface area contributed by atoms with Gasteiger partial charge in [0, 0.05) is 29.9 Å². The van der Waals surface area contributed by atoms with E-state index in [1.807, 2.05) is 31.2 Å². The Balaban J connectivity index is 2.16. The summed E-state index contributed by atoms with van der Waals surface area (Å²) in [5.41, 5.74) is 9.00. The van der Waals surface area contributed by atoms with Gasteiger partial charge in [-0.3, -0.25) is 4.79 Å². The van der Waals surface area contributed by atoms with Gasteiger partial charge in [0.2, 0.25) is 0 Å². The van der Waals surface area contributed by atoms with Gasteiger partial charge in [-0.05, 0) is 48.4 Å². The summed E-state index contributed by atoms with van der Waals surface area (Å²) in [4.78, 5) is 14.1. The summed E-state index contributed by atoms with van der Waals surface area (Å²) in [6, 6.07) is 12.8. The molecule has 2 N–H and O–H groups in total. The van der Waals surface area contributed by atoms with Crippen molar-refractivity contribution in [3.63, 3.8) is 0 Å². The summed E-state index contributed by atoms with van der Waals surface area (Å²) in [7, 11) is 1.78. The molecule has 1 amide bonds. The number of aryl methyl sites for hydroxylation is 1. The summed E-state index contributed by atoms with van der Waals surface area (Å²) >= 11 is 5.91. The molecule has 0 fully saturated rings. The Hall–Kier alpha value is -2.00. The van der Waals surface area contributed by atoms with E-state index in [9.17, 15) is 4.79 Å². The zero-order valence-electron chi connectivity index (χ0n) is 11.6. The molecule has 0 aromatic heterocycles. The van der Waals surface area contributed by atoms with E-state index in [1.54, 1.807) is 30.1 Å². The van der Waals surface area contributed by atoms with E-state index < -0.39 is 0 Å². The fourth-order valence-electron chi connectivity index (χ4n) is 2.11. The molecule has 0 bridgehead atoms. The Labute approximate surface area is 124 Å². The van der Waals surface area contributed by atoms with Crippen LogP contribution in [0.15, 0.2) is 42.5 Å². The highest BCUT2D eigenvalue weighted by Crippen LogP contribution is 2.18. The van der Waals surface area contributed by atoms with Gasteiger partial charge in [0.05, 0.1) is 0 Å². The van der Waals surface area contributed by atoms with Gasteiger partial charge in [0.1, 0.15) is 0 Å². The fraction of sp³-hybridized carbons (Fsp3) is 0.188. The maximum atomic E-state index is 12.4. The lowest BCUT2D eigenvalue weighted by Crippen LogP contribution is -2.26. The minimum atomic E-state index is -0.0263. The average Bonchev–Trinajstić information content (AvgIpc) is 2.38. The summed E-state index contributed by atoms with van der Waals surface area (Å²) < 4.78 is 0. The lowest BCUT2D eigenvalue weighted by molar-refractivity contribution is 0.0784. The van der Waals surface area contributed by atoms with Crippen molar-refractivity contribution >= 4 is 23.2 Å². The molecule has 4 heteroatoms. The van der Waals surface area contributed by atoms with Crippen molar-refractivity contribution < 1.29 is 4.79 Å². The van der Waals surface area contributed by atoms with Crippen molar-refractivity contribution in [1.29, 1.82) is 0 Å². The first kappa shape index (κ1) is 14.4. The zero-order chi connectivity index (χ0) is 14.7. The molecule has 0 radical (unpaired) electrons. The van der Waals surface area contributed by atoms with Crippen LogP contribution in [-0.2, 0) is 6.54 Å². The van der Waals surface area contributed by atoms with Gasteiger partial charge in [0.25, 0.3) is 5.91 Å². The number of hydrogen-bond donors (Lipinski definition) is 1. The maximum Gasteiger partial charge on any atom is 0.254 e. The number of nitrogens with zero attached hydrogens (tertiary/aromatic N) is 1. The molecule has 20 heavy (non-hydrogen) atoms. The number of anilines is 1. The standard InChI is InChI=1S/C16H17ClN2O/c1-11-8-13(17)6-7-15(11)16(20)19(2)10-12-4-3-5-14(18)9-12/h3-9H,10,18H2,1-2H3. The van der Waals surface area contributed by atoms with Crippen molar-refractivity contribution in [3.05, 3.63) is 64.2 Å². The Bertz CT molecular complexity index is 640. The topological polar surface area (TPSA) is 46.3 Å². The molecule has 0 saturated carbocycles. The minimum Gasteiger partial charge on any atom is -0.399 e. The monoisotopic (exact) mass is 288 g/mol. The molecular weight excluding hydrogens is 272 g/mol. The van der Waals surface area contributed by atoms with Gasteiger partial charge >= 0.3 is 0 Å². The van der Waals surface area contributed by atoms with Gasteiger partial charge in [-0.2, -0.15) is 0 Å². The average molecular weight is 289 g/mol. The van der Waals surface area contributed by atoms with Crippen LogP contribution in [0.25, 0.3) is 0 Å². The number of carbonyl (C=O) groups is 1. The number of nitrogens with two attached hydrogens (primary N) is 1. The molecule has 104 valence electrons. The molecule has 0 saturated heterocycles. The van der Waals surface area contributed by atoms with Crippen LogP contribution in [0.4, 0.5) is 5.69 Å². The van der Waals surface area contributed by atoms with E-state index in [0.717, 1.165) is 11.1 Å². The predicted octanol–water partition coefficient (Wildman–Crippen LogP) is 3.50. The lowest BCUT2D eigenvalue weighted by Gasteiger charge is -2.18. The van der Waals surface area contributed by atoms with Crippen LogP contribution in [0, 0.1) is 6.92 Å². The van der Waals surface area contributed by atoms with Crippen LogP contribution < -0.4 is 5.73 Å². The van der Waals surface area contributed by atoms with Crippen molar-refractivity contribution in [2.45, 2.75) is 13.5 Å². The van der Waals surface area contributed by atoms with E-state index in [2.05, 4.69) is 0 Å². The first-order chi connectivity index (χ1) is 9.47. The first-order valence-corrected chi connectivity index (χ1v) is 6.71. The highest BCUT2D eigenvalue weighted by molar-refractivity contribution is 6.30. The van der Waals surface area contributed by atoms with Gasteiger partial charge < -0.3 is 10.6 Å². The summed E-state index contributed by atoms with van der Waals surface area (Å²) in [5.74, 6) is -0.0263. The number of halogens is 1. The Kier molecular flexibility index (Phi) is 4.30. The van der Waals surface area contributed by atoms with E-state index >= 15 is 0 Å². The summed E-state index contributed by atoms with van der Waals surface area (Å²) in [5, 5.41) is 0.637. The van der Waals surface area contributed by atoms with Crippen LogP contribution in [0.2, 0.25) is 5.02 Å². The summed E-state index contributed by atoms with van der Waals surface area (Å²) in [6.45, 7) is 2.40. The molecule has 2 aromatic rings. The quantitative estimate of drug-likeness (QED) is 0.879. The van der Waals surface area contributed by atoms with E-state index in [0.29, 0.717) is 22.8 Å². The molecule has 0 atom stereocenters. The highest BCUT2D eigenvalue weighted by Gasteiger charge is 2.14. The van der Waals surface area contributed by atoms with Crippen molar-refractivity contribution in [2.75, 3.05) is 12.8 Å². The molecule has 0 unspecified atom stereocenters. The smallest absolute Gasteiger partial charge is 0.254 e. The second-order valence-corrected chi connectivity index (χ2v) is 5.30. The predicted molar refractivity (Wildman–Crippen MR) is 82.8 cm³/mol. The number of carbonyl (C=O) groups excluding carboxylic acids is 1. The Morgan fingerprint density at radius 2 is 2.00 bits per heavy atom. The molecule has 0 aliphatic heterocycles. The molecule has 3 nitrogen and oxygen atoms in total. The highest BCUT2D eigenvalue weighted by atomic mass is 35.5. The zero-order valence-corrected chi connectivity index (χ0v) is 12.3. The number of amides is 1. The SMILES string of the molecule is Cc1cc(Cl)ccc1C(=O)N(C)Cc1cccc(N)c1. The third-order valence-electron chi connectivity index (χ3n) is 3.14. The number of benzene rings is 2. The van der Waals surface area contributed by atoms with Gasteiger partial charge in [-0.1, -0.05) is 23.7 Å². The van der Waals surface area contributed by atoms with Gasteiger partial charge in [-0.15, -0.1) is 0 Å². The summed E-state index contributed by atoms with van der Waals surface area (Å²) in [6.07, 6.45) is 0. The molecule has 2 aromatic carbocycles. The molecule has 0 spiro atoms. The molecule has 0 aliphatic carbocycles.